The van der Waals surface area contributed by atoms with E-state index in [1.807, 2.05) is 0 Å². The van der Waals surface area contributed by atoms with E-state index in [4.69, 9.17) is 5.11 Å². The van der Waals surface area contributed by atoms with Crippen LogP contribution in [0.3, 0.4) is 0 Å². The van der Waals surface area contributed by atoms with Crippen molar-refractivity contribution in [1.82, 2.24) is 0 Å². The fourth-order valence-corrected chi connectivity index (χ4v) is 0.236. The standard InChI is InChI=1S/C6H10O2/c1-3-6(2)4-8-5-7/h3,7H,1-2,4-5H2. The third-order valence-corrected chi connectivity index (χ3v) is 0.667. The van der Waals surface area contributed by atoms with Gasteiger partial charge in [-0.15, -0.1) is 0 Å². The van der Waals surface area contributed by atoms with E-state index in [-0.39, 0.29) is 6.79 Å². The normalized spacial score (nSPS) is 8.62. The minimum absolute atomic E-state index is 0.257. The van der Waals surface area contributed by atoms with Crippen molar-refractivity contribution < 1.29 is 9.84 Å². The highest BCUT2D eigenvalue weighted by molar-refractivity contribution is 5.10. The number of ether oxygens (including phenoxy) is 1. The van der Waals surface area contributed by atoms with E-state index in [2.05, 4.69) is 17.9 Å². The van der Waals surface area contributed by atoms with Gasteiger partial charge in [-0.1, -0.05) is 19.2 Å². The Kier molecular flexibility index (Phi) is 4.21. The third-order valence-electron chi connectivity index (χ3n) is 0.667. The Morgan fingerprint density at radius 3 is 2.75 bits per heavy atom. The lowest BCUT2D eigenvalue weighted by Crippen LogP contribution is -1.95. The lowest BCUT2D eigenvalue weighted by atomic mass is 10.3. The van der Waals surface area contributed by atoms with Crippen molar-refractivity contribution in [2.24, 2.45) is 0 Å². The second-order valence-electron chi connectivity index (χ2n) is 1.34. The van der Waals surface area contributed by atoms with Crippen LogP contribution in [-0.2, 0) is 4.74 Å². The van der Waals surface area contributed by atoms with Crippen molar-refractivity contribution in [3.8, 4) is 0 Å². The average Bonchev–Trinajstić information content (AvgIpc) is 1.83. The first kappa shape index (κ1) is 7.40. The van der Waals surface area contributed by atoms with E-state index in [1.54, 1.807) is 6.08 Å². The molecule has 0 amide bonds. The number of hydrogen-bond donors (Lipinski definition) is 1. The van der Waals surface area contributed by atoms with E-state index in [0.717, 1.165) is 5.57 Å². The molecule has 0 saturated heterocycles. The lowest BCUT2D eigenvalue weighted by molar-refractivity contribution is 0.0111. The van der Waals surface area contributed by atoms with Gasteiger partial charge in [-0.05, 0) is 5.57 Å². The van der Waals surface area contributed by atoms with E-state index in [1.165, 1.54) is 0 Å². The molecule has 0 aromatic carbocycles. The van der Waals surface area contributed by atoms with E-state index >= 15 is 0 Å². The first-order chi connectivity index (χ1) is 3.81. The van der Waals surface area contributed by atoms with E-state index in [9.17, 15) is 0 Å². The van der Waals surface area contributed by atoms with Gasteiger partial charge in [0.25, 0.3) is 0 Å². The predicted molar refractivity (Wildman–Crippen MR) is 32.4 cm³/mol. The molecule has 1 N–H and O–H groups in total. The fourth-order valence-electron chi connectivity index (χ4n) is 0.236. The van der Waals surface area contributed by atoms with Crippen LogP contribution in [0, 0.1) is 0 Å². The number of aliphatic hydroxyl groups is 1. The Balaban J connectivity index is 3.11. The largest absolute Gasteiger partial charge is 0.371 e. The molecule has 0 aromatic rings. The van der Waals surface area contributed by atoms with Crippen molar-refractivity contribution in [1.29, 1.82) is 0 Å². The Morgan fingerprint density at radius 1 is 1.75 bits per heavy atom. The summed E-state index contributed by atoms with van der Waals surface area (Å²) in [5.41, 5.74) is 0.777. The highest BCUT2D eigenvalue weighted by atomic mass is 16.6. The van der Waals surface area contributed by atoms with Gasteiger partial charge in [-0.3, -0.25) is 0 Å². The van der Waals surface area contributed by atoms with Gasteiger partial charge in [-0.25, -0.2) is 0 Å². The molecule has 0 aliphatic carbocycles. The Hall–Kier alpha value is -0.600. The molecule has 0 radical (unpaired) electrons. The third kappa shape index (κ3) is 3.59. The van der Waals surface area contributed by atoms with Gasteiger partial charge in [0.15, 0.2) is 0 Å². The Morgan fingerprint density at radius 2 is 2.38 bits per heavy atom. The van der Waals surface area contributed by atoms with Crippen LogP contribution < -0.4 is 0 Å². The van der Waals surface area contributed by atoms with Crippen LogP contribution in [0.25, 0.3) is 0 Å². The maximum Gasteiger partial charge on any atom is 0.143 e. The number of rotatable bonds is 4. The highest BCUT2D eigenvalue weighted by Crippen LogP contribution is 1.89. The summed E-state index contributed by atoms with van der Waals surface area (Å²) < 4.78 is 4.57. The molecule has 2 heteroatoms. The molecule has 0 aromatic heterocycles. The van der Waals surface area contributed by atoms with Gasteiger partial charge in [0.05, 0.1) is 6.61 Å². The zero-order chi connectivity index (χ0) is 6.41. The monoisotopic (exact) mass is 114 g/mol. The van der Waals surface area contributed by atoms with Gasteiger partial charge in [0.2, 0.25) is 0 Å². The lowest BCUT2D eigenvalue weighted by Gasteiger charge is -1.96. The Labute approximate surface area is 49.1 Å². The molecular weight excluding hydrogens is 104 g/mol. The van der Waals surface area contributed by atoms with Crippen molar-refractivity contribution in [2.75, 3.05) is 13.4 Å². The number of aliphatic hydroxyl groups excluding tert-OH is 1. The molecule has 0 unspecified atom stereocenters. The molecule has 0 saturated carbocycles. The quantitative estimate of drug-likeness (QED) is 0.430. The van der Waals surface area contributed by atoms with Gasteiger partial charge in [0, 0.05) is 0 Å². The number of hydrogen-bond acceptors (Lipinski definition) is 2. The predicted octanol–water partition coefficient (Wildman–Crippen LogP) is 0.695. The summed E-state index contributed by atoms with van der Waals surface area (Å²) >= 11 is 0. The molecule has 0 heterocycles. The first-order valence-electron chi connectivity index (χ1n) is 2.30. The summed E-state index contributed by atoms with van der Waals surface area (Å²) in [5.74, 6) is 0. The zero-order valence-electron chi connectivity index (χ0n) is 4.76. The zero-order valence-corrected chi connectivity index (χ0v) is 4.76. The second kappa shape index (κ2) is 4.56. The fraction of sp³-hybridized carbons (Fsp3) is 0.333. The van der Waals surface area contributed by atoms with Gasteiger partial charge in [0.1, 0.15) is 6.79 Å². The minimum atomic E-state index is -0.257. The van der Waals surface area contributed by atoms with Crippen LogP contribution in [0.5, 0.6) is 0 Å². The van der Waals surface area contributed by atoms with Crippen molar-refractivity contribution in [3.05, 3.63) is 24.8 Å². The van der Waals surface area contributed by atoms with Gasteiger partial charge in [-0.2, -0.15) is 0 Å². The van der Waals surface area contributed by atoms with Crippen molar-refractivity contribution in [2.45, 2.75) is 0 Å². The van der Waals surface area contributed by atoms with Crippen molar-refractivity contribution >= 4 is 0 Å². The molecule has 2 nitrogen and oxygen atoms in total. The molecule has 0 atom stereocenters. The van der Waals surface area contributed by atoms with Crippen LogP contribution >= 0.6 is 0 Å². The van der Waals surface area contributed by atoms with Gasteiger partial charge < -0.3 is 9.84 Å². The molecular formula is C6H10O2. The van der Waals surface area contributed by atoms with Crippen LogP contribution in [-0.4, -0.2) is 18.5 Å². The summed E-state index contributed by atoms with van der Waals surface area (Å²) in [5, 5.41) is 8.11. The summed E-state index contributed by atoms with van der Waals surface area (Å²) in [7, 11) is 0. The second-order valence-corrected chi connectivity index (χ2v) is 1.34. The molecule has 46 valence electrons. The molecule has 0 fully saturated rings. The minimum Gasteiger partial charge on any atom is -0.371 e. The van der Waals surface area contributed by atoms with Crippen LogP contribution in [0.2, 0.25) is 0 Å². The van der Waals surface area contributed by atoms with E-state index in [0.29, 0.717) is 6.61 Å². The molecule has 0 rings (SSSR count). The SMILES string of the molecule is C=CC(=C)COCO. The molecule has 0 bridgehead atoms. The summed E-state index contributed by atoms with van der Waals surface area (Å²) in [4.78, 5) is 0. The van der Waals surface area contributed by atoms with Crippen LogP contribution in [0.15, 0.2) is 24.8 Å². The molecule has 0 spiro atoms. The van der Waals surface area contributed by atoms with Gasteiger partial charge >= 0.3 is 0 Å². The van der Waals surface area contributed by atoms with Crippen LogP contribution in [0.4, 0.5) is 0 Å². The van der Waals surface area contributed by atoms with Crippen LogP contribution in [0.1, 0.15) is 0 Å². The summed E-state index contributed by atoms with van der Waals surface area (Å²) in [6, 6.07) is 0. The summed E-state index contributed by atoms with van der Waals surface area (Å²) in [6.45, 7) is 7.11. The molecule has 0 aliphatic rings. The van der Waals surface area contributed by atoms with E-state index < -0.39 is 0 Å². The van der Waals surface area contributed by atoms with Crippen molar-refractivity contribution in [3.63, 3.8) is 0 Å². The average molecular weight is 114 g/mol. The maximum absolute atomic E-state index is 8.11. The highest BCUT2D eigenvalue weighted by Gasteiger charge is 1.83. The maximum atomic E-state index is 8.11. The molecule has 0 aliphatic heterocycles. The molecule has 8 heavy (non-hydrogen) atoms. The first-order valence-corrected chi connectivity index (χ1v) is 2.30. The Bertz CT molecular complexity index is 86.5. The smallest absolute Gasteiger partial charge is 0.143 e. The summed E-state index contributed by atoms with van der Waals surface area (Å²) in [6.07, 6.45) is 1.59. The topological polar surface area (TPSA) is 29.5 Å².